The number of carboxylic acids is 1. The molecule has 0 spiro atoms. The second-order valence-electron chi connectivity index (χ2n) is 5.15. The molecular formula is C12H24N2O7. The highest BCUT2D eigenvalue weighted by Gasteiger charge is 2.43. The standard InChI is InChI=1S/C12H24N2O7/c13-6(11(18)19)3-1-2-4-14-8-10(17)9(16)7(5-15)21-12(8)20/h6-10,12,14-17,20H,1-5,13H2,(H,18,19). The number of rotatable bonds is 8. The van der Waals surface area contributed by atoms with Crippen molar-refractivity contribution >= 4 is 5.97 Å². The molecule has 9 heteroatoms. The van der Waals surface area contributed by atoms with Crippen LogP contribution in [0, 0.1) is 0 Å². The van der Waals surface area contributed by atoms with Crippen LogP contribution in [0.3, 0.4) is 0 Å². The second-order valence-corrected chi connectivity index (χ2v) is 5.15. The van der Waals surface area contributed by atoms with Gasteiger partial charge < -0.3 is 41.3 Å². The molecule has 9 nitrogen and oxygen atoms in total. The number of nitrogens with two attached hydrogens (primary N) is 1. The topological polar surface area (TPSA) is 166 Å². The summed E-state index contributed by atoms with van der Waals surface area (Å²) in [7, 11) is 0. The van der Waals surface area contributed by atoms with Gasteiger partial charge in [-0.1, -0.05) is 6.42 Å². The number of unbranched alkanes of at least 4 members (excludes halogenated alkanes) is 1. The van der Waals surface area contributed by atoms with Gasteiger partial charge in [-0.05, 0) is 19.4 Å². The Labute approximate surface area is 122 Å². The molecule has 0 aliphatic carbocycles. The van der Waals surface area contributed by atoms with Crippen molar-refractivity contribution in [1.82, 2.24) is 5.32 Å². The van der Waals surface area contributed by atoms with Crippen LogP contribution in [0.15, 0.2) is 0 Å². The Morgan fingerprint density at radius 3 is 2.48 bits per heavy atom. The van der Waals surface area contributed by atoms with Crippen molar-refractivity contribution in [1.29, 1.82) is 0 Å². The van der Waals surface area contributed by atoms with Gasteiger partial charge in [-0.2, -0.15) is 0 Å². The van der Waals surface area contributed by atoms with E-state index in [1.165, 1.54) is 0 Å². The summed E-state index contributed by atoms with van der Waals surface area (Å²) in [5.41, 5.74) is 5.36. The highest BCUT2D eigenvalue weighted by Crippen LogP contribution is 2.19. The first-order chi connectivity index (χ1) is 9.88. The van der Waals surface area contributed by atoms with Gasteiger partial charge in [0.2, 0.25) is 0 Å². The molecule has 1 saturated heterocycles. The van der Waals surface area contributed by atoms with Gasteiger partial charge in [0, 0.05) is 0 Å². The molecule has 6 atom stereocenters. The minimum atomic E-state index is -1.35. The minimum Gasteiger partial charge on any atom is -0.480 e. The fourth-order valence-electron chi connectivity index (χ4n) is 2.20. The Kier molecular flexibility index (Phi) is 7.46. The van der Waals surface area contributed by atoms with E-state index in [9.17, 15) is 20.1 Å². The van der Waals surface area contributed by atoms with Gasteiger partial charge in [-0.3, -0.25) is 4.79 Å². The third kappa shape index (κ3) is 5.15. The lowest BCUT2D eigenvalue weighted by molar-refractivity contribution is -0.254. The quantitative estimate of drug-likeness (QED) is 0.231. The zero-order valence-electron chi connectivity index (χ0n) is 11.6. The van der Waals surface area contributed by atoms with Crippen molar-refractivity contribution in [2.24, 2.45) is 5.73 Å². The Morgan fingerprint density at radius 1 is 1.24 bits per heavy atom. The minimum absolute atomic E-state index is 0.332. The molecule has 0 aromatic heterocycles. The van der Waals surface area contributed by atoms with Crippen molar-refractivity contribution < 1.29 is 35.1 Å². The highest BCUT2D eigenvalue weighted by molar-refractivity contribution is 5.72. The number of carbonyl (C=O) groups is 1. The summed E-state index contributed by atoms with van der Waals surface area (Å²) < 4.78 is 4.99. The van der Waals surface area contributed by atoms with Crippen molar-refractivity contribution in [2.45, 2.75) is 55.9 Å². The predicted octanol–water partition coefficient (Wildman–Crippen LogP) is -3.04. The number of hydrogen-bond acceptors (Lipinski definition) is 8. The molecule has 1 heterocycles. The van der Waals surface area contributed by atoms with Crippen LogP contribution in [0.2, 0.25) is 0 Å². The molecule has 0 aromatic carbocycles. The maximum atomic E-state index is 10.5. The Morgan fingerprint density at radius 2 is 1.90 bits per heavy atom. The van der Waals surface area contributed by atoms with Gasteiger partial charge in [-0.15, -0.1) is 0 Å². The lowest BCUT2D eigenvalue weighted by Gasteiger charge is -2.40. The first-order valence-corrected chi connectivity index (χ1v) is 6.90. The maximum absolute atomic E-state index is 10.5. The summed E-state index contributed by atoms with van der Waals surface area (Å²) in [6, 6.07) is -1.78. The first kappa shape index (κ1) is 18.2. The average molecular weight is 308 g/mol. The SMILES string of the molecule is NC(CCCCNC1C(O)OC(CO)C(O)C1O)C(=O)O. The van der Waals surface area contributed by atoms with E-state index in [0.29, 0.717) is 25.8 Å². The van der Waals surface area contributed by atoms with E-state index in [2.05, 4.69) is 5.32 Å². The number of aliphatic carboxylic acids is 1. The fraction of sp³-hybridized carbons (Fsp3) is 0.917. The van der Waals surface area contributed by atoms with Crippen LogP contribution in [0.4, 0.5) is 0 Å². The van der Waals surface area contributed by atoms with Gasteiger partial charge >= 0.3 is 5.97 Å². The third-order valence-corrected chi connectivity index (χ3v) is 3.54. The van der Waals surface area contributed by atoms with E-state index < -0.39 is 49.3 Å². The molecule has 0 aromatic rings. The van der Waals surface area contributed by atoms with Gasteiger partial charge in [0.05, 0.1) is 12.6 Å². The van der Waals surface area contributed by atoms with Crippen LogP contribution in [0.1, 0.15) is 19.3 Å². The molecule has 0 radical (unpaired) electrons. The predicted molar refractivity (Wildman–Crippen MR) is 71.2 cm³/mol. The lowest BCUT2D eigenvalue weighted by Crippen LogP contribution is -2.63. The number of aliphatic hydroxyl groups excluding tert-OH is 4. The number of aliphatic hydroxyl groups is 4. The van der Waals surface area contributed by atoms with Gasteiger partial charge in [0.1, 0.15) is 24.4 Å². The summed E-state index contributed by atoms with van der Waals surface area (Å²) in [4.78, 5) is 10.5. The first-order valence-electron chi connectivity index (χ1n) is 6.90. The van der Waals surface area contributed by atoms with E-state index in [1.807, 2.05) is 0 Å². The molecule has 124 valence electrons. The van der Waals surface area contributed by atoms with Crippen molar-refractivity contribution in [3.63, 3.8) is 0 Å². The van der Waals surface area contributed by atoms with Crippen LogP contribution >= 0.6 is 0 Å². The number of hydrogen-bond donors (Lipinski definition) is 7. The van der Waals surface area contributed by atoms with E-state index in [1.54, 1.807) is 0 Å². The van der Waals surface area contributed by atoms with Crippen molar-refractivity contribution in [3.05, 3.63) is 0 Å². The van der Waals surface area contributed by atoms with E-state index >= 15 is 0 Å². The molecular weight excluding hydrogens is 284 g/mol. The Balaban J connectivity index is 2.29. The zero-order valence-corrected chi connectivity index (χ0v) is 11.6. The van der Waals surface area contributed by atoms with Crippen LogP contribution in [0.5, 0.6) is 0 Å². The molecule has 6 unspecified atom stereocenters. The average Bonchev–Trinajstić information content (AvgIpc) is 2.45. The van der Waals surface area contributed by atoms with Crippen LogP contribution < -0.4 is 11.1 Å². The molecule has 21 heavy (non-hydrogen) atoms. The normalized spacial score (nSPS) is 34.6. The summed E-state index contributed by atoms with van der Waals surface area (Å²) in [5, 5.41) is 49.7. The van der Waals surface area contributed by atoms with Crippen LogP contribution in [-0.4, -0.2) is 81.3 Å². The largest absolute Gasteiger partial charge is 0.480 e. The molecule has 1 rings (SSSR count). The summed E-state index contributed by atoms with van der Waals surface area (Å²) in [5.74, 6) is -1.05. The molecule has 0 saturated carbocycles. The molecule has 1 aliphatic heterocycles. The highest BCUT2D eigenvalue weighted by atomic mass is 16.6. The molecule has 8 N–H and O–H groups in total. The van der Waals surface area contributed by atoms with Gasteiger partial charge in [-0.25, -0.2) is 0 Å². The molecule has 1 aliphatic rings. The number of nitrogens with one attached hydrogen (secondary N) is 1. The number of ether oxygens (including phenoxy) is 1. The van der Waals surface area contributed by atoms with Gasteiger partial charge in [0.25, 0.3) is 0 Å². The number of carboxylic acid groups (broad SMARTS) is 1. The van der Waals surface area contributed by atoms with E-state index in [4.69, 9.17) is 20.7 Å². The fourth-order valence-corrected chi connectivity index (χ4v) is 2.20. The van der Waals surface area contributed by atoms with Crippen molar-refractivity contribution in [2.75, 3.05) is 13.2 Å². The zero-order chi connectivity index (χ0) is 16.0. The van der Waals surface area contributed by atoms with Crippen LogP contribution in [0.25, 0.3) is 0 Å². The van der Waals surface area contributed by atoms with Gasteiger partial charge in [0.15, 0.2) is 6.29 Å². The second kappa shape index (κ2) is 8.59. The monoisotopic (exact) mass is 308 g/mol. The third-order valence-electron chi connectivity index (χ3n) is 3.54. The lowest BCUT2D eigenvalue weighted by atomic mass is 9.97. The Bertz CT molecular complexity index is 331. The van der Waals surface area contributed by atoms with Crippen LogP contribution in [-0.2, 0) is 9.53 Å². The maximum Gasteiger partial charge on any atom is 0.320 e. The van der Waals surface area contributed by atoms with E-state index in [-0.39, 0.29) is 0 Å². The van der Waals surface area contributed by atoms with Crippen molar-refractivity contribution in [3.8, 4) is 0 Å². The summed E-state index contributed by atoms with van der Waals surface area (Å²) >= 11 is 0. The Hall–Kier alpha value is -0.810. The summed E-state index contributed by atoms with van der Waals surface area (Å²) in [6.45, 7) is -0.111. The van der Waals surface area contributed by atoms with E-state index in [0.717, 1.165) is 0 Å². The molecule has 0 amide bonds. The molecule has 1 fully saturated rings. The smallest absolute Gasteiger partial charge is 0.320 e. The molecule has 0 bridgehead atoms. The summed E-state index contributed by atoms with van der Waals surface area (Å²) in [6.07, 6.45) is -3.44.